The first kappa shape index (κ1) is 29.8. The van der Waals surface area contributed by atoms with Crippen LogP contribution in [0.3, 0.4) is 0 Å². The molecule has 1 aliphatic carbocycles. The van der Waals surface area contributed by atoms with Gasteiger partial charge in [-0.3, -0.25) is 0 Å². The predicted molar refractivity (Wildman–Crippen MR) is 220 cm³/mol. The van der Waals surface area contributed by atoms with E-state index < -0.39 is 5.41 Å². The Morgan fingerprint density at radius 2 is 0.962 bits per heavy atom. The maximum absolute atomic E-state index is 2.45. The predicted octanol–water partition coefficient (Wildman–Crippen LogP) is 12.8. The smallest absolute Gasteiger partial charge is 0.0713 e. The van der Waals surface area contributed by atoms with Gasteiger partial charge in [0.1, 0.15) is 0 Å². The van der Waals surface area contributed by atoms with Crippen LogP contribution in [0.5, 0.6) is 0 Å². The molecule has 8 aromatic carbocycles. The lowest BCUT2D eigenvalue weighted by molar-refractivity contribution is 0.769. The number of nitrogens with zero attached hydrogens (tertiary/aromatic N) is 2. The van der Waals surface area contributed by atoms with Gasteiger partial charge in [-0.15, -0.1) is 0 Å². The summed E-state index contributed by atoms with van der Waals surface area (Å²) in [5.41, 5.74) is 15.8. The number of fused-ring (bicyclic) bond motifs is 7. The van der Waals surface area contributed by atoms with Crippen molar-refractivity contribution in [2.75, 3.05) is 0 Å². The highest BCUT2D eigenvalue weighted by atomic mass is 15.0. The third-order valence-corrected chi connectivity index (χ3v) is 11.4. The summed E-state index contributed by atoms with van der Waals surface area (Å²) in [6.45, 7) is 0. The molecule has 1 aliphatic rings. The van der Waals surface area contributed by atoms with E-state index >= 15 is 0 Å². The van der Waals surface area contributed by atoms with E-state index in [2.05, 4.69) is 216 Å². The van der Waals surface area contributed by atoms with E-state index in [0.717, 1.165) is 5.69 Å². The van der Waals surface area contributed by atoms with Crippen LogP contribution in [0.25, 0.3) is 66.3 Å². The van der Waals surface area contributed by atoms with Crippen LogP contribution in [0.1, 0.15) is 22.3 Å². The Balaban J connectivity index is 1.05. The first-order chi connectivity index (χ1) is 26.3. The topological polar surface area (TPSA) is 9.86 Å². The lowest BCUT2D eigenvalue weighted by atomic mass is 9.67. The highest BCUT2D eigenvalue weighted by molar-refractivity contribution is 6.10. The third kappa shape index (κ3) is 4.33. The number of para-hydroxylation sites is 2. The molecule has 2 aromatic heterocycles. The molecule has 0 fully saturated rings. The molecule has 0 N–H and O–H groups in total. The SMILES string of the molecule is c1ccc(-n2c3ccccc3c3cc(-n4ccc5cc(-c6ccc7c(c6)C(c6ccccc6)(c6ccccc6)c6ccccc6-7)ccc54)ccc32)cc1. The van der Waals surface area contributed by atoms with Crippen molar-refractivity contribution in [3.8, 4) is 33.6 Å². The molecule has 10 aromatic rings. The molecule has 0 atom stereocenters. The highest BCUT2D eigenvalue weighted by Gasteiger charge is 2.46. The molecule has 2 heterocycles. The van der Waals surface area contributed by atoms with Gasteiger partial charge in [-0.2, -0.15) is 0 Å². The average Bonchev–Trinajstić information content (AvgIpc) is 3.90. The van der Waals surface area contributed by atoms with E-state index in [-0.39, 0.29) is 0 Å². The second-order valence-corrected chi connectivity index (χ2v) is 14.1. The molecule has 0 amide bonds. The van der Waals surface area contributed by atoms with Crippen molar-refractivity contribution < 1.29 is 0 Å². The summed E-state index contributed by atoms with van der Waals surface area (Å²) in [7, 11) is 0. The molecule has 53 heavy (non-hydrogen) atoms. The van der Waals surface area contributed by atoms with Gasteiger partial charge < -0.3 is 9.13 Å². The van der Waals surface area contributed by atoms with Crippen molar-refractivity contribution in [3.63, 3.8) is 0 Å². The Morgan fingerprint density at radius 3 is 1.75 bits per heavy atom. The molecule has 0 saturated heterocycles. The molecule has 2 heteroatoms. The summed E-state index contributed by atoms with van der Waals surface area (Å²) in [5.74, 6) is 0. The van der Waals surface area contributed by atoms with Crippen LogP contribution in [0, 0.1) is 0 Å². The van der Waals surface area contributed by atoms with Gasteiger partial charge in [-0.1, -0.05) is 140 Å². The normalized spacial score (nSPS) is 13.1. The van der Waals surface area contributed by atoms with Crippen LogP contribution in [0.4, 0.5) is 0 Å². The average molecular weight is 675 g/mol. The summed E-state index contributed by atoms with van der Waals surface area (Å²) < 4.78 is 4.69. The largest absolute Gasteiger partial charge is 0.317 e. The van der Waals surface area contributed by atoms with E-state index in [1.807, 2.05) is 0 Å². The van der Waals surface area contributed by atoms with Crippen molar-refractivity contribution in [3.05, 3.63) is 229 Å². The van der Waals surface area contributed by atoms with Gasteiger partial charge in [0.2, 0.25) is 0 Å². The maximum atomic E-state index is 2.45. The fourth-order valence-electron chi connectivity index (χ4n) is 9.14. The Labute approximate surface area is 308 Å². The zero-order valence-corrected chi connectivity index (χ0v) is 29.0. The Morgan fingerprint density at radius 1 is 0.358 bits per heavy atom. The van der Waals surface area contributed by atoms with Crippen LogP contribution < -0.4 is 0 Å². The Hall–Kier alpha value is -6.90. The van der Waals surface area contributed by atoms with Gasteiger partial charge in [-0.05, 0) is 105 Å². The number of hydrogen-bond donors (Lipinski definition) is 0. The van der Waals surface area contributed by atoms with Crippen LogP contribution in [-0.4, -0.2) is 9.13 Å². The van der Waals surface area contributed by atoms with Gasteiger partial charge in [0, 0.05) is 33.7 Å². The summed E-state index contributed by atoms with van der Waals surface area (Å²) in [6.07, 6.45) is 2.21. The zero-order chi connectivity index (χ0) is 34.9. The van der Waals surface area contributed by atoms with E-state index in [4.69, 9.17) is 0 Å². The molecule has 0 aliphatic heterocycles. The molecule has 0 spiro atoms. The molecule has 0 bridgehead atoms. The monoisotopic (exact) mass is 674 g/mol. The number of aromatic nitrogens is 2. The van der Waals surface area contributed by atoms with Crippen LogP contribution in [-0.2, 0) is 5.41 Å². The fraction of sp³-hybridized carbons (Fsp3) is 0.0196. The Bertz CT molecular complexity index is 2950. The zero-order valence-electron chi connectivity index (χ0n) is 29.0. The standard InChI is InChI=1S/C51H34N2/c1-4-14-38(15-5-1)51(39-16-6-2-7-17-39)46-22-12-10-20-42(46)43-27-24-36(33-47(43)51)35-25-28-48-37(32-35)30-31-52(48)41-26-29-50-45(34-41)44-21-11-13-23-49(44)53(50)40-18-8-3-9-19-40/h1-34H. The number of hydrogen-bond acceptors (Lipinski definition) is 0. The first-order valence-corrected chi connectivity index (χ1v) is 18.3. The highest BCUT2D eigenvalue weighted by Crippen LogP contribution is 2.56. The molecule has 11 rings (SSSR count). The van der Waals surface area contributed by atoms with Crippen LogP contribution in [0.2, 0.25) is 0 Å². The number of rotatable bonds is 5. The van der Waals surface area contributed by atoms with Crippen molar-refractivity contribution in [2.24, 2.45) is 0 Å². The van der Waals surface area contributed by atoms with Crippen molar-refractivity contribution in [2.45, 2.75) is 5.41 Å². The van der Waals surface area contributed by atoms with E-state index in [1.54, 1.807) is 0 Å². The van der Waals surface area contributed by atoms with Gasteiger partial charge in [0.25, 0.3) is 0 Å². The van der Waals surface area contributed by atoms with Crippen LogP contribution >= 0.6 is 0 Å². The maximum Gasteiger partial charge on any atom is 0.0713 e. The van der Waals surface area contributed by atoms with E-state index in [0.29, 0.717) is 0 Å². The molecule has 0 saturated carbocycles. The van der Waals surface area contributed by atoms with Crippen molar-refractivity contribution in [1.29, 1.82) is 0 Å². The summed E-state index contributed by atoms with van der Waals surface area (Å²) >= 11 is 0. The summed E-state index contributed by atoms with van der Waals surface area (Å²) in [6, 6.07) is 73.5. The van der Waals surface area contributed by atoms with Gasteiger partial charge in [-0.25, -0.2) is 0 Å². The quantitative estimate of drug-likeness (QED) is 0.172. The van der Waals surface area contributed by atoms with Gasteiger partial charge in [0.15, 0.2) is 0 Å². The summed E-state index contributed by atoms with van der Waals surface area (Å²) in [5, 5.41) is 3.73. The Kier molecular flexibility index (Phi) is 6.50. The van der Waals surface area contributed by atoms with Crippen molar-refractivity contribution in [1.82, 2.24) is 9.13 Å². The van der Waals surface area contributed by atoms with E-state index in [1.165, 1.54) is 82.9 Å². The second-order valence-electron chi connectivity index (χ2n) is 14.1. The van der Waals surface area contributed by atoms with Crippen LogP contribution in [0.15, 0.2) is 206 Å². The first-order valence-electron chi connectivity index (χ1n) is 18.3. The summed E-state index contributed by atoms with van der Waals surface area (Å²) in [4.78, 5) is 0. The molecule has 0 unspecified atom stereocenters. The molecular formula is C51H34N2. The minimum absolute atomic E-state index is 0.417. The fourth-order valence-corrected chi connectivity index (χ4v) is 9.14. The minimum atomic E-state index is -0.417. The van der Waals surface area contributed by atoms with Gasteiger partial charge in [0.05, 0.1) is 22.0 Å². The molecule has 2 nitrogen and oxygen atoms in total. The molecular weight excluding hydrogens is 641 g/mol. The second kappa shape index (κ2) is 11.6. The van der Waals surface area contributed by atoms with Crippen molar-refractivity contribution >= 4 is 32.7 Å². The number of benzene rings is 8. The van der Waals surface area contributed by atoms with E-state index in [9.17, 15) is 0 Å². The third-order valence-electron chi connectivity index (χ3n) is 11.4. The lowest BCUT2D eigenvalue weighted by Crippen LogP contribution is -2.28. The lowest BCUT2D eigenvalue weighted by Gasteiger charge is -2.34. The minimum Gasteiger partial charge on any atom is -0.317 e. The van der Waals surface area contributed by atoms with Gasteiger partial charge >= 0.3 is 0 Å². The molecule has 248 valence electrons. The molecule has 0 radical (unpaired) electrons.